The van der Waals surface area contributed by atoms with Crippen molar-refractivity contribution in [1.29, 1.82) is 0 Å². The zero-order valence-electron chi connectivity index (χ0n) is 16.7. The summed E-state index contributed by atoms with van der Waals surface area (Å²) in [6.07, 6.45) is 1.04. The number of aromatic nitrogens is 2. The van der Waals surface area contributed by atoms with Crippen LogP contribution >= 0.6 is 11.3 Å². The molecule has 10 nitrogen and oxygen atoms in total. The van der Waals surface area contributed by atoms with E-state index in [1.807, 2.05) is 0 Å². The molecule has 0 aliphatic carbocycles. The molecular weight excluding hydrogens is 462 g/mol. The summed E-state index contributed by atoms with van der Waals surface area (Å²) >= 11 is 0.692. The van der Waals surface area contributed by atoms with Gasteiger partial charge in [-0.05, 0) is 36.8 Å². The van der Waals surface area contributed by atoms with Crippen LogP contribution < -0.4 is 14.3 Å². The lowest BCUT2D eigenvalue weighted by atomic mass is 10.1. The largest absolute Gasteiger partial charge is 0.296 e. The Morgan fingerprint density at radius 3 is 2.42 bits per heavy atom. The second kappa shape index (κ2) is 8.61. The molecular formula is C18H19N5O5S3. The van der Waals surface area contributed by atoms with Crippen molar-refractivity contribution in [2.24, 2.45) is 0 Å². The fraction of sp³-hybridized carbons (Fsp3) is 0.167. The first-order valence-electron chi connectivity index (χ1n) is 8.74. The lowest BCUT2D eigenvalue weighted by Crippen LogP contribution is -2.24. The van der Waals surface area contributed by atoms with Crippen molar-refractivity contribution < 1.29 is 21.6 Å². The van der Waals surface area contributed by atoms with Gasteiger partial charge in [0.2, 0.25) is 15.2 Å². The van der Waals surface area contributed by atoms with Crippen molar-refractivity contribution in [2.75, 3.05) is 27.6 Å². The van der Waals surface area contributed by atoms with Gasteiger partial charge in [0, 0.05) is 12.6 Å². The Hall–Kier alpha value is -3.03. The van der Waals surface area contributed by atoms with Gasteiger partial charge in [0.1, 0.15) is 0 Å². The second-order valence-electron chi connectivity index (χ2n) is 6.53. The Labute approximate surface area is 184 Å². The Bertz CT molecular complexity index is 1340. The Kier molecular flexibility index (Phi) is 6.29. The highest BCUT2D eigenvalue weighted by Crippen LogP contribution is 2.26. The van der Waals surface area contributed by atoms with Crippen molar-refractivity contribution in [3.63, 3.8) is 0 Å². The number of anilines is 3. The van der Waals surface area contributed by atoms with E-state index in [-0.39, 0.29) is 20.8 Å². The van der Waals surface area contributed by atoms with Gasteiger partial charge < -0.3 is 0 Å². The zero-order valence-corrected chi connectivity index (χ0v) is 19.2. The number of carbonyl (C=O) groups is 1. The smallest absolute Gasteiger partial charge is 0.291 e. The van der Waals surface area contributed by atoms with Crippen molar-refractivity contribution in [3.8, 4) is 0 Å². The number of aryl methyl sites for hydroxylation is 1. The van der Waals surface area contributed by atoms with Crippen LogP contribution in [0.4, 0.5) is 16.5 Å². The van der Waals surface area contributed by atoms with E-state index >= 15 is 0 Å². The summed E-state index contributed by atoms with van der Waals surface area (Å²) in [4.78, 5) is 12.4. The molecule has 0 radical (unpaired) electrons. The molecule has 2 aromatic carbocycles. The van der Waals surface area contributed by atoms with Gasteiger partial charge >= 0.3 is 0 Å². The summed E-state index contributed by atoms with van der Waals surface area (Å²) in [5, 5.41) is 9.94. The average molecular weight is 482 g/mol. The third-order valence-electron chi connectivity index (χ3n) is 4.21. The molecule has 31 heavy (non-hydrogen) atoms. The van der Waals surface area contributed by atoms with Gasteiger partial charge in [0.15, 0.2) is 0 Å². The summed E-state index contributed by atoms with van der Waals surface area (Å²) in [6.45, 7) is 1.78. The molecule has 0 bridgehead atoms. The monoisotopic (exact) mass is 481 g/mol. The van der Waals surface area contributed by atoms with Crippen LogP contribution in [0.3, 0.4) is 0 Å². The maximum atomic E-state index is 12.7. The van der Waals surface area contributed by atoms with Crippen LogP contribution in [-0.4, -0.2) is 46.2 Å². The third-order valence-corrected chi connectivity index (χ3v) is 8.00. The first-order chi connectivity index (χ1) is 14.5. The van der Waals surface area contributed by atoms with E-state index in [4.69, 9.17) is 0 Å². The molecule has 1 amide bonds. The molecule has 1 heterocycles. The summed E-state index contributed by atoms with van der Waals surface area (Å²) in [7, 11) is -6.25. The molecule has 1 aromatic heterocycles. The minimum absolute atomic E-state index is 0.0270. The number of amides is 1. The molecule has 164 valence electrons. The fourth-order valence-electron chi connectivity index (χ4n) is 2.52. The van der Waals surface area contributed by atoms with Gasteiger partial charge in [-0.15, -0.1) is 10.2 Å². The number of hydrogen-bond acceptors (Lipinski definition) is 8. The van der Waals surface area contributed by atoms with Crippen molar-refractivity contribution in [2.45, 2.75) is 11.3 Å². The van der Waals surface area contributed by atoms with Gasteiger partial charge in [-0.3, -0.25) is 19.1 Å². The lowest BCUT2D eigenvalue weighted by molar-refractivity contribution is 0.102. The number of sulfonamides is 2. The van der Waals surface area contributed by atoms with Gasteiger partial charge in [-0.25, -0.2) is 8.42 Å². The van der Waals surface area contributed by atoms with Crippen LogP contribution in [0, 0.1) is 6.92 Å². The van der Waals surface area contributed by atoms with Crippen LogP contribution in [0.25, 0.3) is 0 Å². The average Bonchev–Trinajstić information content (AvgIpc) is 3.16. The normalized spacial score (nSPS) is 11.7. The molecule has 13 heteroatoms. The fourth-order valence-corrected chi connectivity index (χ4v) is 4.96. The first-order valence-corrected chi connectivity index (χ1v) is 12.9. The van der Waals surface area contributed by atoms with E-state index in [1.165, 1.54) is 31.3 Å². The van der Waals surface area contributed by atoms with Gasteiger partial charge in [-0.1, -0.05) is 35.6 Å². The summed E-state index contributed by atoms with van der Waals surface area (Å²) in [5.41, 5.74) is 1.63. The van der Waals surface area contributed by atoms with Crippen LogP contribution in [0.1, 0.15) is 15.9 Å². The minimum atomic E-state index is -4.10. The van der Waals surface area contributed by atoms with Crippen molar-refractivity contribution >= 4 is 53.8 Å². The number of nitrogens with zero attached hydrogens (tertiary/aromatic N) is 3. The van der Waals surface area contributed by atoms with Crippen molar-refractivity contribution in [1.82, 2.24) is 10.2 Å². The number of benzene rings is 2. The lowest BCUT2D eigenvalue weighted by Gasteiger charge is -2.17. The number of rotatable bonds is 7. The van der Waals surface area contributed by atoms with Crippen LogP contribution in [0.15, 0.2) is 52.9 Å². The predicted octanol–water partition coefficient (Wildman–Crippen LogP) is 2.30. The molecule has 0 aliphatic heterocycles. The molecule has 0 atom stereocenters. The molecule has 3 rings (SSSR count). The maximum Gasteiger partial charge on any atom is 0.291 e. The summed E-state index contributed by atoms with van der Waals surface area (Å²) < 4.78 is 51.7. The van der Waals surface area contributed by atoms with Gasteiger partial charge in [0.25, 0.3) is 20.3 Å². The van der Waals surface area contributed by atoms with Crippen LogP contribution in [-0.2, 0) is 20.0 Å². The minimum Gasteiger partial charge on any atom is -0.296 e. The highest BCUT2D eigenvalue weighted by molar-refractivity contribution is 7.94. The van der Waals surface area contributed by atoms with E-state index in [2.05, 4.69) is 20.2 Å². The first kappa shape index (κ1) is 22.7. The maximum absolute atomic E-state index is 12.7. The summed E-state index contributed by atoms with van der Waals surface area (Å²) in [6, 6.07) is 12.8. The SMILES string of the molecule is Cc1ccccc1C(=O)Nc1nnc(S(=O)(=O)Nc2cccc(N(C)S(C)(=O)=O)c2)s1. The second-order valence-corrected chi connectivity index (χ2v) is 11.4. The summed E-state index contributed by atoms with van der Waals surface area (Å²) in [5.74, 6) is -0.428. The Balaban J connectivity index is 1.78. The highest BCUT2D eigenvalue weighted by Gasteiger charge is 2.22. The van der Waals surface area contributed by atoms with E-state index in [0.29, 0.717) is 16.9 Å². The zero-order chi connectivity index (χ0) is 22.8. The van der Waals surface area contributed by atoms with Gasteiger partial charge in [0.05, 0.1) is 17.6 Å². The highest BCUT2D eigenvalue weighted by atomic mass is 32.2. The number of nitrogens with one attached hydrogen (secondary N) is 2. The Morgan fingerprint density at radius 2 is 1.74 bits per heavy atom. The quantitative estimate of drug-likeness (QED) is 0.494. The predicted molar refractivity (Wildman–Crippen MR) is 120 cm³/mol. The molecule has 0 spiro atoms. The molecule has 0 aliphatic rings. The van der Waals surface area contributed by atoms with Gasteiger partial charge in [-0.2, -0.15) is 8.42 Å². The van der Waals surface area contributed by atoms with E-state index in [1.54, 1.807) is 31.2 Å². The molecule has 2 N–H and O–H groups in total. The third kappa shape index (κ3) is 5.37. The van der Waals surface area contributed by atoms with Crippen molar-refractivity contribution in [3.05, 3.63) is 59.7 Å². The molecule has 0 saturated heterocycles. The van der Waals surface area contributed by atoms with Crippen LogP contribution in [0.5, 0.6) is 0 Å². The van der Waals surface area contributed by atoms with E-state index in [9.17, 15) is 21.6 Å². The van der Waals surface area contributed by atoms with Crippen LogP contribution in [0.2, 0.25) is 0 Å². The molecule has 0 unspecified atom stereocenters. The Morgan fingerprint density at radius 1 is 1.03 bits per heavy atom. The van der Waals surface area contributed by atoms with E-state index in [0.717, 1.165) is 16.1 Å². The topological polar surface area (TPSA) is 138 Å². The van der Waals surface area contributed by atoms with E-state index < -0.39 is 26.0 Å². The number of hydrogen-bond donors (Lipinski definition) is 2. The molecule has 0 fully saturated rings. The molecule has 3 aromatic rings. The number of carbonyl (C=O) groups excluding carboxylic acids is 1. The molecule has 0 saturated carbocycles. The standard InChI is InChI=1S/C18H19N5O5S3/c1-12-7-4-5-10-15(12)16(24)19-17-20-21-18(29-17)31(27,28)22-13-8-6-9-14(11-13)23(2)30(3,25)26/h4-11,22H,1-3H3,(H,19,20,24).